The van der Waals surface area contributed by atoms with Crippen molar-refractivity contribution in [2.24, 2.45) is 5.41 Å². The lowest BCUT2D eigenvalue weighted by atomic mass is 9.89. The van der Waals surface area contributed by atoms with Crippen LogP contribution in [0.4, 0.5) is 4.79 Å². The Morgan fingerprint density at radius 2 is 2.30 bits per heavy atom. The first kappa shape index (κ1) is 21.0. The predicted molar refractivity (Wildman–Crippen MR) is 111 cm³/mol. The molecule has 30 heavy (non-hydrogen) atoms. The molecule has 160 valence electrons. The maximum Gasteiger partial charge on any atom is 0.315 e. The van der Waals surface area contributed by atoms with E-state index in [0.717, 1.165) is 10.6 Å². The summed E-state index contributed by atoms with van der Waals surface area (Å²) in [5.74, 6) is -0.572. The highest BCUT2D eigenvalue weighted by molar-refractivity contribution is 8.01. The van der Waals surface area contributed by atoms with Crippen molar-refractivity contribution in [3.63, 3.8) is 0 Å². The van der Waals surface area contributed by atoms with E-state index in [1.165, 1.54) is 52.3 Å². The van der Waals surface area contributed by atoms with Crippen LogP contribution in [0.3, 0.4) is 0 Å². The smallest absolute Gasteiger partial charge is 0.315 e. The number of hydrogen-bond donors (Lipinski definition) is 3. The van der Waals surface area contributed by atoms with Crippen LogP contribution in [0.5, 0.6) is 0 Å². The largest absolute Gasteiger partial charge is 0.481 e. The molecule has 2 fully saturated rings. The topological polar surface area (TPSA) is 138 Å². The molecule has 3 N–H and O–H groups in total. The minimum Gasteiger partial charge on any atom is -0.481 e. The number of hydrogen-bond acceptors (Lipinski definition) is 9. The van der Waals surface area contributed by atoms with Crippen molar-refractivity contribution in [1.29, 1.82) is 0 Å². The van der Waals surface area contributed by atoms with E-state index in [1.54, 1.807) is 6.07 Å². The van der Waals surface area contributed by atoms with Gasteiger partial charge in [-0.1, -0.05) is 23.1 Å². The van der Waals surface area contributed by atoms with Crippen molar-refractivity contribution in [2.75, 3.05) is 18.1 Å². The molecule has 2 saturated heterocycles. The average Bonchev–Trinajstić information content (AvgIpc) is 3.40. The Morgan fingerprint density at radius 1 is 1.47 bits per heavy atom. The number of amides is 3. The maximum absolute atomic E-state index is 12.6. The fourth-order valence-corrected chi connectivity index (χ4v) is 6.89. The van der Waals surface area contributed by atoms with Crippen LogP contribution in [0, 0.1) is 12.3 Å². The number of urea groups is 1. The molecule has 2 aromatic heterocycles. The molecule has 2 aliphatic rings. The van der Waals surface area contributed by atoms with E-state index < -0.39 is 23.5 Å². The number of β-lactam (4-membered cyclic amide) rings is 1. The van der Waals surface area contributed by atoms with Gasteiger partial charge < -0.3 is 25.1 Å². The lowest BCUT2D eigenvalue weighted by Crippen LogP contribution is -2.74. The van der Waals surface area contributed by atoms with E-state index in [-0.39, 0.29) is 24.4 Å². The zero-order valence-electron chi connectivity index (χ0n) is 15.9. The van der Waals surface area contributed by atoms with Crippen molar-refractivity contribution in [2.45, 2.75) is 29.2 Å². The average molecular weight is 470 g/mol. The number of rotatable bonds is 7. The Kier molecular flexibility index (Phi) is 5.93. The lowest BCUT2D eigenvalue weighted by molar-refractivity contribution is -0.156. The SMILES string of the molecule is Cc1nnc(SCC2(C(=O)O)CS[C@@H]3C(NC(=O)NCc4ccoc4)C(=O)N3C2)s1. The number of fused-ring (bicyclic) bond motifs is 1. The Morgan fingerprint density at radius 3 is 2.97 bits per heavy atom. The fourth-order valence-electron chi connectivity index (χ4n) is 3.21. The van der Waals surface area contributed by atoms with Gasteiger partial charge >= 0.3 is 12.0 Å². The lowest BCUT2D eigenvalue weighted by Gasteiger charge is -2.53. The molecule has 4 heterocycles. The molecule has 13 heteroatoms. The van der Waals surface area contributed by atoms with Crippen molar-refractivity contribution < 1.29 is 23.9 Å². The highest BCUT2D eigenvalue weighted by Crippen LogP contribution is 2.44. The Hall–Kier alpha value is -2.25. The van der Waals surface area contributed by atoms with E-state index in [0.29, 0.717) is 15.8 Å². The molecule has 2 unspecified atom stereocenters. The minimum absolute atomic E-state index is 0.110. The van der Waals surface area contributed by atoms with Crippen LogP contribution < -0.4 is 10.6 Å². The Labute approximate surface area is 184 Å². The number of aryl methyl sites for hydroxylation is 1. The zero-order valence-corrected chi connectivity index (χ0v) is 18.3. The van der Waals surface area contributed by atoms with Gasteiger partial charge in [0.05, 0.1) is 12.5 Å². The normalized spacial score (nSPS) is 25.4. The summed E-state index contributed by atoms with van der Waals surface area (Å²) in [5, 5.41) is 23.8. The van der Waals surface area contributed by atoms with E-state index in [2.05, 4.69) is 20.8 Å². The number of carbonyl (C=O) groups excluding carboxylic acids is 2. The molecule has 10 nitrogen and oxygen atoms in total. The number of carboxylic acid groups (broad SMARTS) is 1. The monoisotopic (exact) mass is 469 g/mol. The summed E-state index contributed by atoms with van der Waals surface area (Å²) in [6.45, 7) is 2.24. The van der Waals surface area contributed by atoms with Crippen LogP contribution >= 0.6 is 34.9 Å². The van der Waals surface area contributed by atoms with Crippen molar-refractivity contribution in [3.05, 3.63) is 29.2 Å². The number of thioether (sulfide) groups is 2. The third-order valence-electron chi connectivity index (χ3n) is 4.90. The number of carboxylic acids is 1. The first-order valence-electron chi connectivity index (χ1n) is 9.02. The van der Waals surface area contributed by atoms with E-state index in [9.17, 15) is 19.5 Å². The molecule has 3 atom stereocenters. The molecule has 3 amide bonds. The van der Waals surface area contributed by atoms with Gasteiger partial charge in [-0.2, -0.15) is 0 Å². The van der Waals surface area contributed by atoms with Gasteiger partial charge in [-0.15, -0.1) is 22.0 Å². The molecule has 0 bridgehead atoms. The van der Waals surface area contributed by atoms with Crippen LogP contribution in [0.25, 0.3) is 0 Å². The molecule has 0 spiro atoms. The molecule has 0 saturated carbocycles. The standard InChI is InChI=1S/C17H19N5O5S3/c1-9-20-21-16(30-9)29-8-17(14(24)25)6-22-12(23)11(13(22)28-7-17)19-15(26)18-4-10-2-3-27-5-10/h2-3,5,11,13H,4,6-8H2,1H3,(H,24,25)(H2,18,19,26)/t11?,13-,17?/m1/s1. The highest BCUT2D eigenvalue weighted by atomic mass is 32.2. The Bertz CT molecular complexity index is 951. The molecule has 0 aliphatic carbocycles. The molecular weight excluding hydrogens is 450 g/mol. The summed E-state index contributed by atoms with van der Waals surface area (Å²) >= 11 is 4.14. The van der Waals surface area contributed by atoms with Gasteiger partial charge in [-0.3, -0.25) is 9.59 Å². The van der Waals surface area contributed by atoms with Gasteiger partial charge in [0.15, 0.2) is 4.34 Å². The van der Waals surface area contributed by atoms with Crippen LogP contribution in [-0.4, -0.2) is 67.6 Å². The number of carbonyl (C=O) groups is 3. The van der Waals surface area contributed by atoms with Gasteiger partial charge in [0.1, 0.15) is 21.8 Å². The van der Waals surface area contributed by atoms with Crippen LogP contribution in [-0.2, 0) is 16.1 Å². The predicted octanol–water partition coefficient (Wildman–Crippen LogP) is 1.39. The van der Waals surface area contributed by atoms with Gasteiger partial charge in [0.2, 0.25) is 5.91 Å². The summed E-state index contributed by atoms with van der Waals surface area (Å²) in [5.41, 5.74) is -0.261. The van der Waals surface area contributed by atoms with Crippen LogP contribution in [0.15, 0.2) is 27.3 Å². The fraction of sp³-hybridized carbons (Fsp3) is 0.471. The highest BCUT2D eigenvalue weighted by Gasteiger charge is 2.57. The van der Waals surface area contributed by atoms with Crippen molar-refractivity contribution >= 4 is 52.8 Å². The number of nitrogens with zero attached hydrogens (tertiary/aromatic N) is 3. The number of nitrogens with one attached hydrogen (secondary N) is 2. The van der Waals surface area contributed by atoms with E-state index in [4.69, 9.17) is 4.42 Å². The summed E-state index contributed by atoms with van der Waals surface area (Å²) in [4.78, 5) is 38.3. The van der Waals surface area contributed by atoms with Crippen LogP contribution in [0.1, 0.15) is 10.6 Å². The first-order chi connectivity index (χ1) is 14.4. The van der Waals surface area contributed by atoms with Crippen molar-refractivity contribution in [1.82, 2.24) is 25.7 Å². The summed E-state index contributed by atoms with van der Waals surface area (Å²) in [6, 6.07) is 0.622. The number of furan rings is 1. The van der Waals surface area contributed by atoms with Gasteiger partial charge in [0.25, 0.3) is 0 Å². The quantitative estimate of drug-likeness (QED) is 0.406. The molecule has 0 radical (unpaired) electrons. The van der Waals surface area contributed by atoms with E-state index in [1.807, 2.05) is 6.92 Å². The van der Waals surface area contributed by atoms with Gasteiger partial charge in [0, 0.05) is 30.2 Å². The third kappa shape index (κ3) is 4.14. The summed E-state index contributed by atoms with van der Waals surface area (Å²) in [7, 11) is 0. The minimum atomic E-state index is -1.07. The van der Waals surface area contributed by atoms with Crippen LogP contribution in [0.2, 0.25) is 0 Å². The molecular formula is C17H19N5O5S3. The van der Waals surface area contributed by atoms with Crippen molar-refractivity contribution in [3.8, 4) is 0 Å². The van der Waals surface area contributed by atoms with Gasteiger partial charge in [-0.05, 0) is 13.0 Å². The second-order valence-electron chi connectivity index (χ2n) is 7.07. The third-order valence-corrected chi connectivity index (χ3v) is 8.75. The number of aliphatic carboxylic acids is 1. The van der Waals surface area contributed by atoms with E-state index >= 15 is 0 Å². The second kappa shape index (κ2) is 8.47. The first-order valence-corrected chi connectivity index (χ1v) is 11.9. The molecule has 2 aliphatic heterocycles. The Balaban J connectivity index is 1.33. The molecule has 0 aromatic carbocycles. The van der Waals surface area contributed by atoms with Gasteiger partial charge in [-0.25, -0.2) is 4.79 Å². The maximum atomic E-state index is 12.6. The summed E-state index contributed by atoms with van der Waals surface area (Å²) < 4.78 is 5.66. The molecule has 4 rings (SSSR count). The zero-order chi connectivity index (χ0) is 21.3. The summed E-state index contributed by atoms with van der Waals surface area (Å²) in [6.07, 6.45) is 3.04. The number of aromatic nitrogens is 2. The molecule has 2 aromatic rings. The second-order valence-corrected chi connectivity index (χ2v) is 10.6.